The molecular formula is C51H49ClN6O7S2. The number of carbonyl (C=O) groups excluding carboxylic acids is 4. The maximum atomic E-state index is 13.6. The number of benzene rings is 1. The molecule has 13 nitrogen and oxygen atoms in total. The van der Waals surface area contributed by atoms with Crippen LogP contribution in [-0.2, 0) is 46.6 Å². The van der Waals surface area contributed by atoms with Gasteiger partial charge in [0.1, 0.15) is 28.0 Å². The molecule has 0 bridgehead atoms. The maximum Gasteiger partial charge on any atom is 0.337 e. The van der Waals surface area contributed by atoms with Gasteiger partial charge in [0.15, 0.2) is 11.6 Å². The number of hydrogen-bond acceptors (Lipinski definition) is 15. The second-order valence-corrected chi connectivity index (χ2v) is 18.5. The number of carbonyl (C=O) groups is 4. The zero-order valence-corrected chi connectivity index (χ0v) is 40.3. The van der Waals surface area contributed by atoms with Crippen molar-refractivity contribution < 1.29 is 33.4 Å². The van der Waals surface area contributed by atoms with E-state index in [0.717, 1.165) is 72.9 Å². The molecule has 3 aliphatic rings. The number of dihydropyridines is 2. The van der Waals surface area contributed by atoms with Gasteiger partial charge in [0, 0.05) is 99.5 Å². The topological polar surface area (TPSA) is 162 Å². The van der Waals surface area contributed by atoms with E-state index >= 15 is 0 Å². The number of esters is 2. The van der Waals surface area contributed by atoms with Crippen molar-refractivity contribution in [3.63, 3.8) is 0 Å². The van der Waals surface area contributed by atoms with Crippen molar-refractivity contribution in [1.82, 2.24) is 25.6 Å². The van der Waals surface area contributed by atoms with Crippen LogP contribution in [0.4, 0.5) is 5.69 Å². The number of morpholine rings is 1. The quantitative estimate of drug-likeness (QED) is 0.0934. The number of ether oxygens (including phenoxy) is 3. The van der Waals surface area contributed by atoms with Crippen molar-refractivity contribution in [1.29, 1.82) is 0 Å². The van der Waals surface area contributed by atoms with Crippen LogP contribution in [-0.4, -0.2) is 64.8 Å². The number of fused-ring (bicyclic) bond motifs is 2. The van der Waals surface area contributed by atoms with Gasteiger partial charge in [-0.2, -0.15) is 0 Å². The van der Waals surface area contributed by atoms with Gasteiger partial charge in [-0.3, -0.25) is 9.59 Å². The SMILES string of the molecule is CC(=O)C1=C(C)NC(C)=C(C(=O)OCc2ccc(Cl)nc2)C1c1csc2ncccc12.CC(=O)C1=C(C)NC(C)=C(C(=O)OCc2cccc(N3CCOCC3)c2)C1c1csc2ncccc12. The highest BCUT2D eigenvalue weighted by atomic mass is 35.5. The molecule has 0 amide bonds. The van der Waals surface area contributed by atoms with Crippen LogP contribution in [0.2, 0.25) is 5.15 Å². The van der Waals surface area contributed by atoms with Crippen LogP contribution in [0.3, 0.4) is 0 Å². The van der Waals surface area contributed by atoms with E-state index in [9.17, 15) is 19.2 Å². The van der Waals surface area contributed by atoms with Crippen LogP contribution in [0.15, 0.2) is 135 Å². The summed E-state index contributed by atoms with van der Waals surface area (Å²) in [4.78, 5) is 69.1. The van der Waals surface area contributed by atoms with Crippen molar-refractivity contribution >= 4 is 83.9 Å². The summed E-state index contributed by atoms with van der Waals surface area (Å²) in [6.45, 7) is 13.7. The molecule has 5 aromatic heterocycles. The standard InChI is InChI=1S/C28H29N3O4S.C23H20ClN3O3S/c1-17-24(19(3)32)26(23-16-36-27-22(23)8-5-9-29-27)25(18(2)30-17)28(33)35-15-20-6-4-7-21(14-20)31-10-12-34-13-11-31;1-12-19(14(3)28)21(17-11-31-22-16(17)5-4-8-25-22)20(13(2)27-12)23(29)30-10-15-6-7-18(24)26-9-15/h4-9,14,16,26,30H,10-13,15H2,1-3H3;4-9,11,21,27H,10H2,1-3H3. The average Bonchev–Trinajstić information content (AvgIpc) is 3.95. The number of anilines is 1. The molecule has 6 aromatic rings. The lowest BCUT2D eigenvalue weighted by Crippen LogP contribution is -2.36. The third-order valence-corrected chi connectivity index (χ3v) is 14.0. The summed E-state index contributed by atoms with van der Waals surface area (Å²) in [5.41, 5.74) is 9.34. The fourth-order valence-electron chi connectivity index (χ4n) is 8.92. The lowest BCUT2D eigenvalue weighted by atomic mass is 9.79. The Hall–Kier alpha value is -6.52. The number of thiophene rings is 2. The molecule has 0 saturated carbocycles. The van der Waals surface area contributed by atoms with Crippen molar-refractivity contribution in [2.24, 2.45) is 0 Å². The molecule has 3 aliphatic heterocycles. The van der Waals surface area contributed by atoms with Crippen molar-refractivity contribution in [2.45, 2.75) is 66.6 Å². The van der Waals surface area contributed by atoms with Crippen molar-refractivity contribution in [2.75, 3.05) is 31.2 Å². The van der Waals surface area contributed by atoms with Gasteiger partial charge in [0.2, 0.25) is 0 Å². The van der Waals surface area contributed by atoms with Gasteiger partial charge < -0.3 is 29.7 Å². The second kappa shape index (κ2) is 20.6. The summed E-state index contributed by atoms with van der Waals surface area (Å²) < 4.78 is 16.9. The Labute approximate surface area is 401 Å². The number of nitrogens with zero attached hydrogens (tertiary/aromatic N) is 4. The lowest BCUT2D eigenvalue weighted by Gasteiger charge is -2.30. The van der Waals surface area contributed by atoms with Gasteiger partial charge in [0.05, 0.1) is 24.4 Å². The molecule has 1 fully saturated rings. The highest BCUT2D eigenvalue weighted by Crippen LogP contribution is 2.45. The molecule has 2 unspecified atom stereocenters. The molecular weight excluding hydrogens is 908 g/mol. The van der Waals surface area contributed by atoms with Crippen molar-refractivity contribution in [3.05, 3.63) is 163 Å². The molecule has 2 atom stereocenters. The van der Waals surface area contributed by atoms with Crippen LogP contribution in [0.25, 0.3) is 20.4 Å². The minimum Gasteiger partial charge on any atom is -0.457 e. The summed E-state index contributed by atoms with van der Waals surface area (Å²) in [5.74, 6) is -2.15. The first-order valence-corrected chi connectivity index (χ1v) is 23.8. The van der Waals surface area contributed by atoms with E-state index in [-0.39, 0.29) is 24.8 Å². The summed E-state index contributed by atoms with van der Waals surface area (Å²) in [6.07, 6.45) is 5.05. The fraction of sp³-hybridized carbons (Fsp3) is 0.275. The normalized spacial score (nSPS) is 17.5. The Kier molecular flexibility index (Phi) is 14.4. The average molecular weight is 958 g/mol. The number of hydrogen-bond donors (Lipinski definition) is 2. The summed E-state index contributed by atoms with van der Waals surface area (Å²) in [5, 5.41) is 12.6. The zero-order valence-electron chi connectivity index (χ0n) is 37.9. The molecule has 0 aliphatic carbocycles. The van der Waals surface area contributed by atoms with Gasteiger partial charge in [-0.25, -0.2) is 24.5 Å². The Bertz CT molecular complexity index is 3040. The smallest absolute Gasteiger partial charge is 0.337 e. The number of nitrogens with one attached hydrogen (secondary N) is 2. The Morgan fingerprint density at radius 2 is 1.18 bits per heavy atom. The molecule has 16 heteroatoms. The third kappa shape index (κ3) is 10.1. The third-order valence-electron chi connectivity index (χ3n) is 11.9. The first kappa shape index (κ1) is 47.0. The van der Waals surface area contributed by atoms with E-state index < -0.39 is 23.8 Å². The van der Waals surface area contributed by atoms with E-state index in [2.05, 4.69) is 42.6 Å². The summed E-state index contributed by atoms with van der Waals surface area (Å²) in [7, 11) is 0. The zero-order chi connectivity index (χ0) is 47.4. The van der Waals surface area contributed by atoms with Gasteiger partial charge in [-0.1, -0.05) is 41.9 Å². The van der Waals surface area contributed by atoms with E-state index in [4.69, 9.17) is 25.8 Å². The van der Waals surface area contributed by atoms with Crippen LogP contribution in [0, 0.1) is 0 Å². The molecule has 1 saturated heterocycles. The Morgan fingerprint density at radius 1 is 0.672 bits per heavy atom. The van der Waals surface area contributed by atoms with Crippen LogP contribution >= 0.6 is 34.3 Å². The molecule has 8 heterocycles. The lowest BCUT2D eigenvalue weighted by molar-refractivity contribution is -0.141. The van der Waals surface area contributed by atoms with Crippen LogP contribution in [0.1, 0.15) is 75.6 Å². The van der Waals surface area contributed by atoms with Crippen LogP contribution in [0.5, 0.6) is 0 Å². The molecule has 2 N–H and O–H groups in total. The predicted molar refractivity (Wildman–Crippen MR) is 261 cm³/mol. The maximum absolute atomic E-state index is 13.6. The molecule has 0 radical (unpaired) electrons. The number of halogens is 1. The first-order valence-electron chi connectivity index (χ1n) is 21.7. The second-order valence-electron chi connectivity index (χ2n) is 16.4. The molecule has 67 heavy (non-hydrogen) atoms. The number of aromatic nitrogens is 3. The van der Waals surface area contributed by atoms with Crippen molar-refractivity contribution in [3.8, 4) is 0 Å². The van der Waals surface area contributed by atoms with E-state index in [1.54, 1.807) is 37.6 Å². The monoisotopic (exact) mass is 956 g/mol. The molecule has 1 aromatic carbocycles. The summed E-state index contributed by atoms with van der Waals surface area (Å²) in [6, 6.07) is 19.1. The molecule has 0 spiro atoms. The Morgan fingerprint density at radius 3 is 1.67 bits per heavy atom. The number of ketones is 2. The first-order chi connectivity index (χ1) is 32.3. The fourth-order valence-corrected chi connectivity index (χ4v) is 10.9. The minimum absolute atomic E-state index is 0.0521. The van der Waals surface area contributed by atoms with E-state index in [1.165, 1.54) is 29.6 Å². The molecule has 344 valence electrons. The number of Topliss-reactive ketones (excluding diaryl/α,β-unsaturated/α-hetero) is 2. The minimum atomic E-state index is -0.535. The van der Waals surface area contributed by atoms with Gasteiger partial charge >= 0.3 is 11.9 Å². The van der Waals surface area contributed by atoms with Gasteiger partial charge in [-0.15, -0.1) is 22.7 Å². The number of allylic oxidation sites excluding steroid dienone is 6. The number of pyridine rings is 3. The van der Waals surface area contributed by atoms with E-state index in [1.807, 2.05) is 74.9 Å². The Balaban J connectivity index is 0.000000184. The van der Waals surface area contributed by atoms with E-state index in [0.29, 0.717) is 52.1 Å². The van der Waals surface area contributed by atoms with Gasteiger partial charge in [0.25, 0.3) is 0 Å². The summed E-state index contributed by atoms with van der Waals surface area (Å²) >= 11 is 8.82. The van der Waals surface area contributed by atoms with Crippen LogP contribution < -0.4 is 15.5 Å². The van der Waals surface area contributed by atoms with Gasteiger partial charge in [-0.05, 0) is 99.3 Å². The largest absolute Gasteiger partial charge is 0.457 e. The predicted octanol–water partition coefficient (Wildman–Crippen LogP) is 9.61. The highest BCUT2D eigenvalue weighted by molar-refractivity contribution is 7.17. The molecule has 9 rings (SSSR count). The number of rotatable bonds is 11. The highest BCUT2D eigenvalue weighted by Gasteiger charge is 2.39.